The standard InChI is InChI=1S/C20H16F3N3O2/c1-28-17-8-6-15(7-9-17)25-18-10-5-13(12-24-18)19(27)26-16-4-2-3-14(11-16)20(21,22)23/h2-12H,1H3,(H,24,25)(H,26,27). The molecule has 3 aromatic rings. The number of rotatable bonds is 5. The number of nitrogens with zero attached hydrogens (tertiary/aromatic N) is 1. The number of nitrogens with one attached hydrogen (secondary N) is 2. The molecule has 1 heterocycles. The number of anilines is 3. The van der Waals surface area contributed by atoms with Gasteiger partial charge in [0.2, 0.25) is 0 Å². The molecular formula is C20H16F3N3O2. The minimum atomic E-state index is -4.48. The van der Waals surface area contributed by atoms with Crippen LogP contribution in [0, 0.1) is 0 Å². The number of alkyl halides is 3. The summed E-state index contributed by atoms with van der Waals surface area (Å²) in [5.74, 6) is 0.684. The molecule has 1 amide bonds. The lowest BCUT2D eigenvalue weighted by Gasteiger charge is -2.10. The number of halogens is 3. The SMILES string of the molecule is COc1ccc(Nc2ccc(C(=O)Nc3cccc(C(F)(F)F)c3)cn2)cc1. The van der Waals surface area contributed by atoms with Gasteiger partial charge in [-0.2, -0.15) is 13.2 Å². The zero-order valence-electron chi connectivity index (χ0n) is 14.7. The molecule has 144 valence electrons. The lowest BCUT2D eigenvalue weighted by Crippen LogP contribution is -2.13. The molecule has 0 aliphatic rings. The average molecular weight is 387 g/mol. The molecule has 0 unspecified atom stereocenters. The molecule has 0 radical (unpaired) electrons. The van der Waals surface area contributed by atoms with E-state index in [2.05, 4.69) is 15.6 Å². The number of carbonyl (C=O) groups is 1. The molecule has 0 fully saturated rings. The van der Waals surface area contributed by atoms with Crippen LogP contribution in [0.5, 0.6) is 5.75 Å². The van der Waals surface area contributed by atoms with Crippen LogP contribution >= 0.6 is 0 Å². The lowest BCUT2D eigenvalue weighted by molar-refractivity contribution is -0.137. The maximum atomic E-state index is 12.8. The van der Waals surface area contributed by atoms with Gasteiger partial charge in [-0.1, -0.05) is 6.07 Å². The topological polar surface area (TPSA) is 63.2 Å². The fourth-order valence-electron chi connectivity index (χ4n) is 2.40. The Morgan fingerprint density at radius 2 is 1.75 bits per heavy atom. The van der Waals surface area contributed by atoms with E-state index in [0.29, 0.717) is 5.82 Å². The van der Waals surface area contributed by atoms with Crippen molar-refractivity contribution in [3.8, 4) is 5.75 Å². The monoisotopic (exact) mass is 387 g/mol. The second kappa shape index (κ2) is 7.99. The van der Waals surface area contributed by atoms with E-state index in [4.69, 9.17) is 4.74 Å². The van der Waals surface area contributed by atoms with Crippen molar-refractivity contribution in [3.63, 3.8) is 0 Å². The molecule has 0 saturated carbocycles. The highest BCUT2D eigenvalue weighted by atomic mass is 19.4. The molecule has 0 bridgehead atoms. The first-order valence-electron chi connectivity index (χ1n) is 8.21. The quantitative estimate of drug-likeness (QED) is 0.639. The zero-order valence-corrected chi connectivity index (χ0v) is 14.7. The Morgan fingerprint density at radius 1 is 1.00 bits per heavy atom. The average Bonchev–Trinajstić information content (AvgIpc) is 2.69. The Hall–Kier alpha value is -3.55. The van der Waals surface area contributed by atoms with Gasteiger partial charge in [0.1, 0.15) is 11.6 Å². The van der Waals surface area contributed by atoms with Gasteiger partial charge in [-0.3, -0.25) is 4.79 Å². The summed E-state index contributed by atoms with van der Waals surface area (Å²) < 4.78 is 43.4. The summed E-state index contributed by atoms with van der Waals surface area (Å²) in [5.41, 5.74) is 0.231. The second-order valence-corrected chi connectivity index (χ2v) is 5.82. The fraction of sp³-hybridized carbons (Fsp3) is 0.100. The Balaban J connectivity index is 1.66. The van der Waals surface area contributed by atoms with E-state index in [1.54, 1.807) is 25.3 Å². The molecule has 0 spiro atoms. The van der Waals surface area contributed by atoms with Crippen LogP contribution < -0.4 is 15.4 Å². The number of carbonyl (C=O) groups excluding carboxylic acids is 1. The summed E-state index contributed by atoms with van der Waals surface area (Å²) in [7, 11) is 1.58. The van der Waals surface area contributed by atoms with Gasteiger partial charge in [0, 0.05) is 17.6 Å². The van der Waals surface area contributed by atoms with E-state index in [1.807, 2.05) is 12.1 Å². The number of pyridine rings is 1. The molecule has 2 N–H and O–H groups in total. The molecule has 1 aromatic heterocycles. The normalized spacial score (nSPS) is 11.0. The predicted molar refractivity (Wildman–Crippen MR) is 99.9 cm³/mol. The number of amides is 1. The van der Waals surface area contributed by atoms with Gasteiger partial charge in [0.05, 0.1) is 18.2 Å². The second-order valence-electron chi connectivity index (χ2n) is 5.82. The molecule has 28 heavy (non-hydrogen) atoms. The molecule has 0 aliphatic heterocycles. The van der Waals surface area contributed by atoms with Crippen molar-refractivity contribution >= 4 is 23.1 Å². The maximum absolute atomic E-state index is 12.8. The van der Waals surface area contributed by atoms with E-state index >= 15 is 0 Å². The molecule has 8 heteroatoms. The van der Waals surface area contributed by atoms with Crippen LogP contribution in [0.15, 0.2) is 66.9 Å². The highest BCUT2D eigenvalue weighted by Gasteiger charge is 2.30. The number of hydrogen-bond acceptors (Lipinski definition) is 4. The lowest BCUT2D eigenvalue weighted by atomic mass is 10.2. The zero-order chi connectivity index (χ0) is 20.1. The van der Waals surface area contributed by atoms with Crippen LogP contribution in [0.4, 0.5) is 30.4 Å². The third-order valence-corrected chi connectivity index (χ3v) is 3.84. The van der Waals surface area contributed by atoms with Crippen molar-refractivity contribution in [3.05, 3.63) is 78.0 Å². The van der Waals surface area contributed by atoms with Crippen LogP contribution in [0.25, 0.3) is 0 Å². The van der Waals surface area contributed by atoms with E-state index in [9.17, 15) is 18.0 Å². The number of methoxy groups -OCH3 is 1. The van der Waals surface area contributed by atoms with Gasteiger partial charge in [-0.15, -0.1) is 0 Å². The molecular weight excluding hydrogens is 371 g/mol. The summed E-state index contributed by atoms with van der Waals surface area (Å²) in [6, 6.07) is 14.8. The maximum Gasteiger partial charge on any atom is 0.416 e. The fourth-order valence-corrected chi connectivity index (χ4v) is 2.40. The largest absolute Gasteiger partial charge is 0.497 e. The van der Waals surface area contributed by atoms with Crippen LogP contribution in [0.3, 0.4) is 0 Å². The molecule has 0 atom stereocenters. The van der Waals surface area contributed by atoms with E-state index in [0.717, 1.165) is 23.6 Å². The van der Waals surface area contributed by atoms with Gasteiger partial charge in [-0.25, -0.2) is 4.98 Å². The molecule has 3 rings (SSSR count). The van der Waals surface area contributed by atoms with Gasteiger partial charge in [-0.05, 0) is 54.6 Å². The predicted octanol–water partition coefficient (Wildman–Crippen LogP) is 5.10. The Labute approximate surface area is 159 Å². The first-order chi connectivity index (χ1) is 13.3. The van der Waals surface area contributed by atoms with Crippen molar-refractivity contribution in [2.75, 3.05) is 17.7 Å². The van der Waals surface area contributed by atoms with Crippen molar-refractivity contribution < 1.29 is 22.7 Å². The molecule has 0 saturated heterocycles. The molecule has 2 aromatic carbocycles. The number of aromatic nitrogens is 1. The van der Waals surface area contributed by atoms with Gasteiger partial charge in [0.15, 0.2) is 0 Å². The first-order valence-corrected chi connectivity index (χ1v) is 8.21. The van der Waals surface area contributed by atoms with E-state index in [-0.39, 0.29) is 11.3 Å². The minimum absolute atomic E-state index is 0.0558. The highest BCUT2D eigenvalue weighted by molar-refractivity contribution is 6.04. The first kappa shape index (κ1) is 19.2. The molecule has 5 nitrogen and oxygen atoms in total. The van der Waals surface area contributed by atoms with Gasteiger partial charge >= 0.3 is 6.18 Å². The van der Waals surface area contributed by atoms with Crippen molar-refractivity contribution in [1.29, 1.82) is 0 Å². The van der Waals surface area contributed by atoms with Crippen LogP contribution in [0.2, 0.25) is 0 Å². The Bertz CT molecular complexity index is 956. The summed E-state index contributed by atoms with van der Waals surface area (Å²) in [4.78, 5) is 16.4. The number of ether oxygens (including phenoxy) is 1. The van der Waals surface area contributed by atoms with Crippen molar-refractivity contribution in [2.24, 2.45) is 0 Å². The van der Waals surface area contributed by atoms with Crippen molar-refractivity contribution in [1.82, 2.24) is 4.98 Å². The van der Waals surface area contributed by atoms with Crippen LogP contribution in [0.1, 0.15) is 15.9 Å². The summed E-state index contributed by atoms with van der Waals surface area (Å²) in [6.45, 7) is 0. The Kier molecular flexibility index (Phi) is 5.49. The number of benzene rings is 2. The van der Waals surface area contributed by atoms with Gasteiger partial charge in [0.25, 0.3) is 5.91 Å². The third-order valence-electron chi connectivity index (χ3n) is 3.84. The smallest absolute Gasteiger partial charge is 0.416 e. The van der Waals surface area contributed by atoms with Crippen LogP contribution in [-0.4, -0.2) is 18.0 Å². The summed E-state index contributed by atoms with van der Waals surface area (Å²) in [5, 5.41) is 5.51. The van der Waals surface area contributed by atoms with Crippen LogP contribution in [-0.2, 0) is 6.18 Å². The third kappa shape index (κ3) is 4.79. The van der Waals surface area contributed by atoms with E-state index in [1.165, 1.54) is 24.4 Å². The highest BCUT2D eigenvalue weighted by Crippen LogP contribution is 2.30. The van der Waals surface area contributed by atoms with Crippen molar-refractivity contribution in [2.45, 2.75) is 6.18 Å². The summed E-state index contributed by atoms with van der Waals surface area (Å²) >= 11 is 0. The molecule has 0 aliphatic carbocycles. The number of hydrogen-bond donors (Lipinski definition) is 2. The Morgan fingerprint density at radius 3 is 2.36 bits per heavy atom. The summed E-state index contributed by atoms with van der Waals surface area (Å²) in [6.07, 6.45) is -3.13. The minimum Gasteiger partial charge on any atom is -0.497 e. The van der Waals surface area contributed by atoms with Gasteiger partial charge < -0.3 is 15.4 Å². The van der Waals surface area contributed by atoms with E-state index < -0.39 is 17.6 Å².